The van der Waals surface area contributed by atoms with Crippen LogP contribution in [0.1, 0.15) is 18.4 Å². The number of piperidine rings is 1. The normalized spacial score (nSPS) is 28.0. The van der Waals surface area contributed by atoms with E-state index in [2.05, 4.69) is 10.6 Å². The van der Waals surface area contributed by atoms with Gasteiger partial charge in [0.1, 0.15) is 6.61 Å². The van der Waals surface area contributed by atoms with Crippen LogP contribution >= 0.6 is 0 Å². The molecule has 2 aliphatic rings. The Kier molecular flexibility index (Phi) is 2.89. The molecule has 2 amide bonds. The van der Waals surface area contributed by atoms with E-state index < -0.39 is 6.09 Å². The molecule has 2 atom stereocenters. The van der Waals surface area contributed by atoms with E-state index >= 15 is 0 Å². The van der Waals surface area contributed by atoms with Gasteiger partial charge in [-0.2, -0.15) is 0 Å². The van der Waals surface area contributed by atoms with Gasteiger partial charge in [0.15, 0.2) is 0 Å². The highest BCUT2D eigenvalue weighted by atomic mass is 16.5. The lowest BCUT2D eigenvalue weighted by molar-refractivity contribution is -0.122. The van der Waals surface area contributed by atoms with Crippen LogP contribution in [0.2, 0.25) is 0 Å². The van der Waals surface area contributed by atoms with Gasteiger partial charge in [-0.25, -0.2) is 4.79 Å². The third kappa shape index (κ3) is 2.54. The lowest BCUT2D eigenvalue weighted by Crippen LogP contribution is -2.48. The topological polar surface area (TPSA) is 67.4 Å². The van der Waals surface area contributed by atoms with E-state index in [9.17, 15) is 9.59 Å². The van der Waals surface area contributed by atoms with Crippen molar-refractivity contribution < 1.29 is 14.3 Å². The van der Waals surface area contributed by atoms with E-state index in [-0.39, 0.29) is 18.1 Å². The lowest BCUT2D eigenvalue weighted by Gasteiger charge is -2.23. The van der Waals surface area contributed by atoms with Crippen LogP contribution in [0.4, 0.5) is 4.79 Å². The molecule has 3 rings (SSSR count). The first-order chi connectivity index (χ1) is 9.18. The number of fused-ring (bicyclic) bond motifs is 1. The third-order valence-electron chi connectivity index (χ3n) is 3.82. The molecule has 5 heteroatoms. The fourth-order valence-electron chi connectivity index (χ4n) is 2.61. The van der Waals surface area contributed by atoms with E-state index in [1.54, 1.807) is 0 Å². The Bertz CT molecular complexity index is 503. The Hall–Kier alpha value is -2.04. The zero-order chi connectivity index (χ0) is 13.3. The van der Waals surface area contributed by atoms with Crippen LogP contribution in [-0.4, -0.2) is 24.1 Å². The highest BCUT2D eigenvalue weighted by molar-refractivity contribution is 5.81. The Balaban J connectivity index is 1.51. The van der Waals surface area contributed by atoms with Crippen molar-refractivity contribution in [1.82, 2.24) is 10.6 Å². The van der Waals surface area contributed by atoms with Crippen molar-refractivity contribution >= 4 is 12.0 Å². The van der Waals surface area contributed by atoms with Crippen LogP contribution in [0.25, 0.3) is 0 Å². The van der Waals surface area contributed by atoms with E-state index in [1.165, 1.54) is 0 Å². The summed E-state index contributed by atoms with van der Waals surface area (Å²) in [4.78, 5) is 23.1. The Labute approximate surface area is 111 Å². The molecule has 1 aromatic rings. The van der Waals surface area contributed by atoms with Gasteiger partial charge in [0.25, 0.3) is 0 Å². The van der Waals surface area contributed by atoms with Crippen molar-refractivity contribution in [2.45, 2.75) is 25.0 Å². The standard InChI is InChI=1S/C14H16N2O3/c17-12-7-14(6-11(14)8-15-12)16-13(18)19-9-10-4-2-1-3-5-10/h1-5,11H,6-9H2,(H,15,17)(H,16,18). The van der Waals surface area contributed by atoms with Gasteiger partial charge in [-0.05, 0) is 12.0 Å². The molecule has 2 N–H and O–H groups in total. The van der Waals surface area contributed by atoms with Crippen molar-refractivity contribution in [1.29, 1.82) is 0 Å². The largest absolute Gasteiger partial charge is 0.445 e. The summed E-state index contributed by atoms with van der Waals surface area (Å²) in [6, 6.07) is 9.52. The van der Waals surface area contributed by atoms with Gasteiger partial charge < -0.3 is 15.4 Å². The number of hydrogen-bond donors (Lipinski definition) is 2. The Morgan fingerprint density at radius 3 is 3.00 bits per heavy atom. The lowest BCUT2D eigenvalue weighted by atomic mass is 10.1. The zero-order valence-corrected chi connectivity index (χ0v) is 10.5. The maximum absolute atomic E-state index is 11.8. The summed E-state index contributed by atoms with van der Waals surface area (Å²) < 4.78 is 5.18. The second-order valence-corrected chi connectivity index (χ2v) is 5.22. The second kappa shape index (κ2) is 4.57. The maximum Gasteiger partial charge on any atom is 0.407 e. The fourth-order valence-corrected chi connectivity index (χ4v) is 2.61. The van der Waals surface area contributed by atoms with Gasteiger partial charge in [0.2, 0.25) is 5.91 Å². The van der Waals surface area contributed by atoms with Gasteiger partial charge in [-0.1, -0.05) is 30.3 Å². The van der Waals surface area contributed by atoms with E-state index in [1.807, 2.05) is 30.3 Å². The number of nitrogens with one attached hydrogen (secondary N) is 2. The highest BCUT2D eigenvalue weighted by Crippen LogP contribution is 2.47. The monoisotopic (exact) mass is 260 g/mol. The molecule has 1 aliphatic carbocycles. The Morgan fingerprint density at radius 2 is 2.21 bits per heavy atom. The summed E-state index contributed by atoms with van der Waals surface area (Å²) in [5.41, 5.74) is 0.597. The van der Waals surface area contributed by atoms with Crippen molar-refractivity contribution in [3.8, 4) is 0 Å². The summed E-state index contributed by atoms with van der Waals surface area (Å²) in [5, 5.41) is 5.65. The van der Waals surface area contributed by atoms with Crippen molar-refractivity contribution in [2.24, 2.45) is 5.92 Å². The van der Waals surface area contributed by atoms with Gasteiger partial charge in [-0.15, -0.1) is 0 Å². The minimum Gasteiger partial charge on any atom is -0.445 e. The molecule has 1 aromatic carbocycles. The van der Waals surface area contributed by atoms with Crippen molar-refractivity contribution in [3.63, 3.8) is 0 Å². The Morgan fingerprint density at radius 1 is 1.42 bits per heavy atom. The molecule has 5 nitrogen and oxygen atoms in total. The number of carbonyl (C=O) groups excluding carboxylic acids is 2. The molecule has 1 saturated carbocycles. The number of rotatable bonds is 3. The van der Waals surface area contributed by atoms with Crippen LogP contribution < -0.4 is 10.6 Å². The number of carbonyl (C=O) groups is 2. The zero-order valence-electron chi connectivity index (χ0n) is 10.5. The first-order valence-electron chi connectivity index (χ1n) is 6.43. The van der Waals surface area contributed by atoms with E-state index in [0.717, 1.165) is 12.0 Å². The number of amides is 2. The third-order valence-corrected chi connectivity index (χ3v) is 3.82. The minimum atomic E-state index is -0.443. The van der Waals surface area contributed by atoms with Gasteiger partial charge >= 0.3 is 6.09 Å². The minimum absolute atomic E-state index is 0.00268. The molecule has 2 unspecified atom stereocenters. The molecule has 19 heavy (non-hydrogen) atoms. The maximum atomic E-state index is 11.8. The summed E-state index contributed by atoms with van der Waals surface area (Å²) in [7, 11) is 0. The van der Waals surface area contributed by atoms with Crippen LogP contribution in [0.3, 0.4) is 0 Å². The smallest absolute Gasteiger partial charge is 0.407 e. The fraction of sp³-hybridized carbons (Fsp3) is 0.429. The van der Waals surface area contributed by atoms with Crippen LogP contribution in [0.5, 0.6) is 0 Å². The van der Waals surface area contributed by atoms with Gasteiger partial charge in [0.05, 0.1) is 12.0 Å². The summed E-state index contributed by atoms with van der Waals surface area (Å²) in [6.07, 6.45) is 0.769. The average Bonchev–Trinajstić information content (AvgIpc) is 3.10. The quantitative estimate of drug-likeness (QED) is 0.858. The summed E-state index contributed by atoms with van der Waals surface area (Å²) in [5.74, 6) is 0.353. The summed E-state index contributed by atoms with van der Waals surface area (Å²) >= 11 is 0. The second-order valence-electron chi connectivity index (χ2n) is 5.22. The van der Waals surface area contributed by atoms with Crippen LogP contribution in [0.15, 0.2) is 30.3 Å². The summed E-state index contributed by atoms with van der Waals surface area (Å²) in [6.45, 7) is 0.900. The number of alkyl carbamates (subject to hydrolysis) is 1. The molecule has 2 fully saturated rings. The van der Waals surface area contributed by atoms with Crippen LogP contribution in [0, 0.1) is 5.92 Å². The molecule has 0 aromatic heterocycles. The van der Waals surface area contributed by atoms with E-state index in [4.69, 9.17) is 4.74 Å². The van der Waals surface area contributed by atoms with Crippen molar-refractivity contribution in [2.75, 3.05) is 6.54 Å². The molecule has 100 valence electrons. The van der Waals surface area contributed by atoms with Crippen LogP contribution in [-0.2, 0) is 16.1 Å². The molecule has 0 spiro atoms. The average molecular weight is 260 g/mol. The SMILES string of the molecule is O=C1CC2(NC(=O)OCc3ccccc3)CC2CN1. The first-order valence-corrected chi connectivity index (χ1v) is 6.43. The molecule has 0 bridgehead atoms. The number of benzene rings is 1. The molecule has 1 heterocycles. The molecular weight excluding hydrogens is 244 g/mol. The predicted molar refractivity (Wildman–Crippen MR) is 68.2 cm³/mol. The van der Waals surface area contributed by atoms with Gasteiger partial charge in [-0.3, -0.25) is 4.79 Å². The molecule has 1 saturated heterocycles. The highest BCUT2D eigenvalue weighted by Gasteiger charge is 2.58. The molecule has 1 aliphatic heterocycles. The van der Waals surface area contributed by atoms with E-state index in [0.29, 0.717) is 18.9 Å². The predicted octanol–water partition coefficient (Wildman–Crippen LogP) is 1.19. The first kappa shape index (κ1) is 12.0. The van der Waals surface area contributed by atoms with Crippen molar-refractivity contribution in [3.05, 3.63) is 35.9 Å². The number of ether oxygens (including phenoxy) is 1. The number of hydrogen-bond acceptors (Lipinski definition) is 3. The van der Waals surface area contributed by atoms with Gasteiger partial charge in [0, 0.05) is 12.5 Å². The molecular formula is C14H16N2O3. The molecule has 0 radical (unpaired) electrons.